The number of carbonyl (C=O) groups is 1. The third-order valence-electron chi connectivity index (χ3n) is 6.01. The lowest BCUT2D eigenvalue weighted by atomic mass is 9.77. The van der Waals surface area contributed by atoms with Gasteiger partial charge in [0.15, 0.2) is 0 Å². The molecule has 3 heterocycles. The van der Waals surface area contributed by atoms with Crippen LogP contribution in [0.2, 0.25) is 0 Å². The van der Waals surface area contributed by atoms with E-state index in [2.05, 4.69) is 16.3 Å². The molecule has 2 saturated heterocycles. The van der Waals surface area contributed by atoms with Crippen molar-refractivity contribution in [3.05, 3.63) is 29.8 Å². The third kappa shape index (κ3) is 2.97. The van der Waals surface area contributed by atoms with Crippen LogP contribution in [-0.2, 0) is 4.79 Å². The zero-order valence-electron chi connectivity index (χ0n) is 13.7. The Hall–Kier alpha value is -1.55. The van der Waals surface area contributed by atoms with Gasteiger partial charge in [0, 0.05) is 26.1 Å². The molecule has 1 aromatic rings. The number of nitrogens with one attached hydrogen (secondary N) is 1. The number of hydrogen-bond donors (Lipinski definition) is 1. The van der Waals surface area contributed by atoms with Crippen LogP contribution in [0.1, 0.15) is 43.6 Å². The molecule has 1 aromatic carbocycles. The van der Waals surface area contributed by atoms with E-state index in [4.69, 9.17) is 4.74 Å². The minimum Gasteiger partial charge on any atom is -0.493 e. The number of hydrogen-bond acceptors (Lipinski definition) is 3. The fraction of sp³-hybridized carbons (Fsp3) is 0.632. The largest absolute Gasteiger partial charge is 0.493 e. The summed E-state index contributed by atoms with van der Waals surface area (Å²) in [4.78, 5) is 14.8. The molecular formula is C19H26N2O2. The number of amides is 1. The van der Waals surface area contributed by atoms with Gasteiger partial charge in [-0.3, -0.25) is 4.79 Å². The summed E-state index contributed by atoms with van der Waals surface area (Å²) in [5, 5.41) is 3.49. The molecule has 0 aliphatic carbocycles. The first kappa shape index (κ1) is 15.0. The van der Waals surface area contributed by atoms with Crippen LogP contribution >= 0.6 is 0 Å². The summed E-state index contributed by atoms with van der Waals surface area (Å²) in [7, 11) is 0. The third-order valence-corrected chi connectivity index (χ3v) is 6.01. The van der Waals surface area contributed by atoms with Gasteiger partial charge in [-0.25, -0.2) is 0 Å². The van der Waals surface area contributed by atoms with Gasteiger partial charge in [0.2, 0.25) is 5.91 Å². The van der Waals surface area contributed by atoms with E-state index in [9.17, 15) is 4.79 Å². The lowest BCUT2D eigenvalue weighted by molar-refractivity contribution is -0.133. The summed E-state index contributed by atoms with van der Waals surface area (Å²) in [5.74, 6) is 1.61. The molecule has 124 valence electrons. The molecule has 1 spiro atoms. The summed E-state index contributed by atoms with van der Waals surface area (Å²) in [5.41, 5.74) is 1.68. The van der Waals surface area contributed by atoms with E-state index >= 15 is 0 Å². The maximum absolute atomic E-state index is 12.7. The molecule has 3 aliphatic heterocycles. The van der Waals surface area contributed by atoms with E-state index in [1.807, 2.05) is 18.2 Å². The van der Waals surface area contributed by atoms with Crippen LogP contribution in [0.4, 0.5) is 0 Å². The number of para-hydroxylation sites is 1. The molecule has 4 heteroatoms. The number of nitrogens with zero attached hydrogens (tertiary/aromatic N) is 1. The SMILES string of the molecule is O=C(CC1CCOc2ccccc21)N1CCC2(CCNC2)CC1. The topological polar surface area (TPSA) is 41.6 Å². The summed E-state index contributed by atoms with van der Waals surface area (Å²) in [6.45, 7) is 4.88. The lowest BCUT2D eigenvalue weighted by Crippen LogP contribution is -2.44. The first-order chi connectivity index (χ1) is 11.3. The monoisotopic (exact) mass is 314 g/mol. The van der Waals surface area contributed by atoms with E-state index in [-0.39, 0.29) is 0 Å². The van der Waals surface area contributed by atoms with Crippen LogP contribution in [-0.4, -0.2) is 43.6 Å². The maximum atomic E-state index is 12.7. The molecule has 0 saturated carbocycles. The van der Waals surface area contributed by atoms with Crippen LogP contribution in [0, 0.1) is 5.41 Å². The van der Waals surface area contributed by atoms with Gasteiger partial charge in [-0.15, -0.1) is 0 Å². The standard InChI is InChI=1S/C19H26N2O2/c22-18(21-10-7-19(8-11-21)6-9-20-14-19)13-15-5-12-23-17-4-2-1-3-16(15)17/h1-4,15,20H,5-14H2. The second-order valence-electron chi connectivity index (χ2n) is 7.38. The van der Waals surface area contributed by atoms with Crippen molar-refractivity contribution in [3.8, 4) is 5.75 Å². The van der Waals surface area contributed by atoms with Crippen molar-refractivity contribution in [3.63, 3.8) is 0 Å². The van der Waals surface area contributed by atoms with Crippen molar-refractivity contribution >= 4 is 5.91 Å². The molecule has 1 atom stereocenters. The molecule has 2 fully saturated rings. The van der Waals surface area contributed by atoms with Crippen LogP contribution in [0.15, 0.2) is 24.3 Å². The molecule has 1 unspecified atom stereocenters. The van der Waals surface area contributed by atoms with E-state index < -0.39 is 0 Å². The van der Waals surface area contributed by atoms with E-state index in [0.29, 0.717) is 23.7 Å². The highest BCUT2D eigenvalue weighted by atomic mass is 16.5. The van der Waals surface area contributed by atoms with Gasteiger partial charge < -0.3 is 15.0 Å². The van der Waals surface area contributed by atoms with Gasteiger partial charge in [-0.05, 0) is 55.2 Å². The Morgan fingerprint density at radius 1 is 1.26 bits per heavy atom. The molecule has 4 rings (SSSR count). The number of ether oxygens (including phenoxy) is 1. The normalized spacial score (nSPS) is 25.9. The summed E-state index contributed by atoms with van der Waals surface area (Å²) in [6.07, 6.45) is 5.19. The number of benzene rings is 1. The molecule has 0 radical (unpaired) electrons. The first-order valence-corrected chi connectivity index (χ1v) is 8.96. The number of likely N-dealkylation sites (tertiary alicyclic amines) is 1. The average molecular weight is 314 g/mol. The van der Waals surface area contributed by atoms with Crippen LogP contribution < -0.4 is 10.1 Å². The van der Waals surface area contributed by atoms with Gasteiger partial charge in [0.05, 0.1) is 6.61 Å². The molecule has 0 bridgehead atoms. The Balaban J connectivity index is 1.38. The number of piperidine rings is 1. The second kappa shape index (κ2) is 6.16. The second-order valence-corrected chi connectivity index (χ2v) is 7.38. The van der Waals surface area contributed by atoms with Crippen molar-refractivity contribution < 1.29 is 9.53 Å². The minimum atomic E-state index is 0.316. The highest BCUT2D eigenvalue weighted by Crippen LogP contribution is 2.39. The van der Waals surface area contributed by atoms with E-state index in [1.165, 1.54) is 12.0 Å². The number of rotatable bonds is 2. The van der Waals surface area contributed by atoms with Crippen LogP contribution in [0.5, 0.6) is 5.75 Å². The van der Waals surface area contributed by atoms with Crippen molar-refractivity contribution in [2.75, 3.05) is 32.8 Å². The molecule has 1 N–H and O–H groups in total. The molecule has 23 heavy (non-hydrogen) atoms. The molecular weight excluding hydrogens is 288 g/mol. The fourth-order valence-corrected chi connectivity index (χ4v) is 4.42. The van der Waals surface area contributed by atoms with Gasteiger partial charge in [-0.1, -0.05) is 18.2 Å². The minimum absolute atomic E-state index is 0.316. The highest BCUT2D eigenvalue weighted by Gasteiger charge is 2.38. The zero-order chi connectivity index (χ0) is 15.7. The van der Waals surface area contributed by atoms with Crippen LogP contribution in [0.25, 0.3) is 0 Å². The van der Waals surface area contributed by atoms with Crippen molar-refractivity contribution in [2.24, 2.45) is 5.41 Å². The Morgan fingerprint density at radius 3 is 2.87 bits per heavy atom. The van der Waals surface area contributed by atoms with E-state index in [0.717, 1.165) is 57.8 Å². The smallest absolute Gasteiger partial charge is 0.223 e. The molecule has 4 nitrogen and oxygen atoms in total. The van der Waals surface area contributed by atoms with Gasteiger partial charge in [0.25, 0.3) is 0 Å². The number of fused-ring (bicyclic) bond motifs is 1. The van der Waals surface area contributed by atoms with Gasteiger partial charge in [-0.2, -0.15) is 0 Å². The average Bonchev–Trinajstić information content (AvgIpc) is 3.04. The van der Waals surface area contributed by atoms with Gasteiger partial charge in [0.1, 0.15) is 5.75 Å². The fourth-order valence-electron chi connectivity index (χ4n) is 4.42. The van der Waals surface area contributed by atoms with Crippen molar-refractivity contribution in [1.29, 1.82) is 0 Å². The summed E-state index contributed by atoms with van der Waals surface area (Å²) >= 11 is 0. The predicted molar refractivity (Wildman–Crippen MR) is 89.6 cm³/mol. The predicted octanol–water partition coefficient (Wildman–Crippen LogP) is 2.54. The lowest BCUT2D eigenvalue weighted by Gasteiger charge is -2.39. The van der Waals surface area contributed by atoms with Crippen molar-refractivity contribution in [1.82, 2.24) is 10.2 Å². The molecule has 1 amide bonds. The quantitative estimate of drug-likeness (QED) is 0.912. The highest BCUT2D eigenvalue weighted by molar-refractivity contribution is 5.77. The Labute approximate surface area is 138 Å². The molecule has 0 aromatic heterocycles. The maximum Gasteiger partial charge on any atom is 0.223 e. The molecule has 3 aliphatic rings. The Bertz CT molecular complexity index is 570. The summed E-state index contributed by atoms with van der Waals surface area (Å²) in [6, 6.07) is 8.18. The summed E-state index contributed by atoms with van der Waals surface area (Å²) < 4.78 is 5.71. The Kier molecular flexibility index (Phi) is 4.02. The first-order valence-electron chi connectivity index (χ1n) is 8.96. The van der Waals surface area contributed by atoms with Crippen molar-refractivity contribution in [2.45, 2.75) is 38.0 Å². The van der Waals surface area contributed by atoms with Gasteiger partial charge >= 0.3 is 0 Å². The van der Waals surface area contributed by atoms with Crippen LogP contribution in [0.3, 0.4) is 0 Å². The number of carbonyl (C=O) groups excluding carboxylic acids is 1. The Morgan fingerprint density at radius 2 is 2.09 bits per heavy atom. The van der Waals surface area contributed by atoms with E-state index in [1.54, 1.807) is 0 Å². The zero-order valence-corrected chi connectivity index (χ0v) is 13.7.